The van der Waals surface area contributed by atoms with Crippen LogP contribution in [0.5, 0.6) is 0 Å². The molecular weight excluding hydrogens is 773 g/mol. The van der Waals surface area contributed by atoms with Gasteiger partial charge in [-0.05, 0) is 113 Å². The van der Waals surface area contributed by atoms with E-state index in [1.165, 1.54) is 53.1 Å². The molecule has 0 amide bonds. The van der Waals surface area contributed by atoms with Crippen molar-refractivity contribution in [1.82, 2.24) is 4.57 Å². The van der Waals surface area contributed by atoms with Crippen molar-refractivity contribution >= 4 is 103 Å². The molecule has 0 saturated heterocycles. The van der Waals surface area contributed by atoms with Gasteiger partial charge >= 0.3 is 0 Å². The van der Waals surface area contributed by atoms with E-state index in [0.717, 1.165) is 66.6 Å². The van der Waals surface area contributed by atoms with Gasteiger partial charge in [-0.3, -0.25) is 0 Å². The number of hydrogen-bond donors (Lipinski definition) is 0. The highest BCUT2D eigenvalue weighted by molar-refractivity contribution is 7.25. The lowest BCUT2D eigenvalue weighted by molar-refractivity contribution is 0.672. The molecule has 0 aliphatic heterocycles. The van der Waals surface area contributed by atoms with Crippen molar-refractivity contribution in [2.45, 2.75) is 0 Å². The zero-order valence-corrected chi connectivity index (χ0v) is 34.3. The van der Waals surface area contributed by atoms with Crippen molar-refractivity contribution < 1.29 is 4.42 Å². The summed E-state index contributed by atoms with van der Waals surface area (Å²) in [4.78, 5) is 2.42. The maximum atomic E-state index is 6.78. The Morgan fingerprint density at radius 2 is 1.08 bits per heavy atom. The van der Waals surface area contributed by atoms with Crippen molar-refractivity contribution in [1.29, 1.82) is 0 Å². The Balaban J connectivity index is 1.04. The lowest BCUT2D eigenvalue weighted by Crippen LogP contribution is -2.10. The molecule has 0 spiro atoms. The van der Waals surface area contributed by atoms with Crippen LogP contribution in [-0.2, 0) is 0 Å². The van der Waals surface area contributed by atoms with Crippen LogP contribution in [0.2, 0.25) is 0 Å². The Bertz CT molecular complexity index is 3890. The number of anilines is 3. The van der Waals surface area contributed by atoms with E-state index in [2.05, 4.69) is 228 Å². The van der Waals surface area contributed by atoms with Crippen LogP contribution < -0.4 is 4.90 Å². The quantitative estimate of drug-likeness (QED) is 0.167. The predicted octanol–water partition coefficient (Wildman–Crippen LogP) is 17.0. The molecule has 290 valence electrons. The highest BCUT2D eigenvalue weighted by atomic mass is 32.1. The second-order valence-corrected chi connectivity index (χ2v) is 17.1. The molecule has 0 fully saturated rings. The van der Waals surface area contributed by atoms with Crippen LogP contribution >= 0.6 is 11.3 Å². The molecule has 10 aromatic carbocycles. The SMILES string of the molecule is c1ccc(-n2c3ccccc3c3c(-c4cccc(N(c5cccc(-c6ccc7sc8ccccc8c7c6)c5)c5cccc6oc7c8ccccc8ccc7c56)c4)cccc32)cc1. The molecule has 0 aliphatic carbocycles. The summed E-state index contributed by atoms with van der Waals surface area (Å²) < 4.78 is 11.8. The number of thiophene rings is 1. The number of para-hydroxylation sites is 2. The Kier molecular flexibility index (Phi) is 7.78. The lowest BCUT2D eigenvalue weighted by Gasteiger charge is -2.27. The second kappa shape index (κ2) is 13.8. The number of benzene rings is 10. The van der Waals surface area contributed by atoms with Crippen LogP contribution in [0.4, 0.5) is 17.1 Å². The van der Waals surface area contributed by atoms with Gasteiger partial charge in [-0.1, -0.05) is 133 Å². The molecule has 3 nitrogen and oxygen atoms in total. The highest BCUT2D eigenvalue weighted by Gasteiger charge is 2.22. The summed E-state index contributed by atoms with van der Waals surface area (Å²) in [7, 11) is 0. The molecule has 0 N–H and O–H groups in total. The fourth-order valence-electron chi connectivity index (χ4n) is 9.81. The van der Waals surface area contributed by atoms with Gasteiger partial charge in [0.25, 0.3) is 0 Å². The molecule has 3 heterocycles. The van der Waals surface area contributed by atoms with Gasteiger partial charge in [0, 0.05) is 58.8 Å². The van der Waals surface area contributed by atoms with E-state index < -0.39 is 0 Å². The predicted molar refractivity (Wildman–Crippen MR) is 264 cm³/mol. The highest BCUT2D eigenvalue weighted by Crippen LogP contribution is 2.47. The molecule has 13 rings (SSSR count). The van der Waals surface area contributed by atoms with E-state index in [0.29, 0.717) is 0 Å². The smallest absolute Gasteiger partial charge is 0.143 e. The Hall–Kier alpha value is -7.92. The first-order valence-corrected chi connectivity index (χ1v) is 21.9. The first-order valence-electron chi connectivity index (χ1n) is 21.1. The average molecular weight is 809 g/mol. The number of hydrogen-bond acceptors (Lipinski definition) is 3. The molecule has 0 saturated carbocycles. The van der Waals surface area contributed by atoms with Gasteiger partial charge in [0.15, 0.2) is 0 Å². The Labute approximate surface area is 361 Å². The average Bonchev–Trinajstić information content (AvgIpc) is 4.02. The second-order valence-electron chi connectivity index (χ2n) is 16.0. The normalized spacial score (nSPS) is 11.9. The zero-order valence-electron chi connectivity index (χ0n) is 33.5. The van der Waals surface area contributed by atoms with Crippen LogP contribution in [0.25, 0.3) is 103 Å². The topological polar surface area (TPSA) is 21.3 Å². The molecule has 0 aliphatic rings. The fourth-order valence-corrected chi connectivity index (χ4v) is 10.9. The van der Waals surface area contributed by atoms with E-state index >= 15 is 0 Å². The van der Waals surface area contributed by atoms with Crippen molar-refractivity contribution in [3.63, 3.8) is 0 Å². The number of fused-ring (bicyclic) bond motifs is 11. The molecule has 4 heteroatoms. The Morgan fingerprint density at radius 3 is 1.97 bits per heavy atom. The van der Waals surface area contributed by atoms with E-state index in [4.69, 9.17) is 4.42 Å². The fraction of sp³-hybridized carbons (Fsp3) is 0. The summed E-state index contributed by atoms with van der Waals surface area (Å²) in [6, 6.07) is 79.2. The molecule has 13 aromatic rings. The first kappa shape index (κ1) is 34.9. The first-order chi connectivity index (χ1) is 30.7. The molecular formula is C58H36N2OS. The van der Waals surface area contributed by atoms with Gasteiger partial charge in [-0.2, -0.15) is 0 Å². The Morgan fingerprint density at radius 1 is 0.403 bits per heavy atom. The van der Waals surface area contributed by atoms with Gasteiger partial charge in [0.05, 0.1) is 22.1 Å². The third kappa shape index (κ3) is 5.37. The van der Waals surface area contributed by atoms with Gasteiger partial charge in [-0.15, -0.1) is 11.3 Å². The van der Waals surface area contributed by atoms with Crippen molar-refractivity contribution in [2.75, 3.05) is 4.90 Å². The van der Waals surface area contributed by atoms with Gasteiger partial charge < -0.3 is 13.9 Å². The van der Waals surface area contributed by atoms with Crippen LogP contribution in [0.15, 0.2) is 223 Å². The van der Waals surface area contributed by atoms with Crippen LogP contribution in [0.3, 0.4) is 0 Å². The maximum Gasteiger partial charge on any atom is 0.143 e. The van der Waals surface area contributed by atoms with Crippen molar-refractivity contribution in [3.05, 3.63) is 218 Å². The summed E-state index contributed by atoms with van der Waals surface area (Å²) in [6.07, 6.45) is 0. The summed E-state index contributed by atoms with van der Waals surface area (Å²) in [6.45, 7) is 0. The minimum absolute atomic E-state index is 0.861. The third-order valence-electron chi connectivity index (χ3n) is 12.5. The van der Waals surface area contributed by atoms with E-state index in [-0.39, 0.29) is 0 Å². The van der Waals surface area contributed by atoms with E-state index in [9.17, 15) is 0 Å². The maximum absolute atomic E-state index is 6.78. The van der Waals surface area contributed by atoms with Gasteiger partial charge in [-0.25, -0.2) is 0 Å². The van der Waals surface area contributed by atoms with Crippen molar-refractivity contribution in [3.8, 4) is 27.9 Å². The molecule has 0 bridgehead atoms. The summed E-state index contributed by atoms with van der Waals surface area (Å²) in [5.41, 5.74) is 13.2. The largest absolute Gasteiger partial charge is 0.455 e. The molecule has 62 heavy (non-hydrogen) atoms. The van der Waals surface area contributed by atoms with Crippen LogP contribution in [0.1, 0.15) is 0 Å². The van der Waals surface area contributed by atoms with Gasteiger partial charge in [0.2, 0.25) is 0 Å². The van der Waals surface area contributed by atoms with Gasteiger partial charge in [0.1, 0.15) is 11.2 Å². The third-order valence-corrected chi connectivity index (χ3v) is 13.7. The summed E-state index contributed by atoms with van der Waals surface area (Å²) in [5.74, 6) is 0. The van der Waals surface area contributed by atoms with Crippen molar-refractivity contribution in [2.24, 2.45) is 0 Å². The summed E-state index contributed by atoms with van der Waals surface area (Å²) >= 11 is 1.85. The van der Waals surface area contributed by atoms with E-state index in [1.54, 1.807) is 0 Å². The number of furan rings is 1. The minimum Gasteiger partial charge on any atom is -0.455 e. The molecule has 0 unspecified atom stereocenters. The van der Waals surface area contributed by atoms with E-state index in [1.807, 2.05) is 11.3 Å². The molecule has 0 radical (unpaired) electrons. The number of aromatic nitrogens is 1. The minimum atomic E-state index is 0.861. The molecule has 3 aromatic heterocycles. The number of nitrogens with zero attached hydrogens (tertiary/aromatic N) is 2. The monoisotopic (exact) mass is 808 g/mol. The standard InChI is InChI=1S/C58H36N2OS/c1-2-17-41(18-3-1)60-50-25-8-6-23-47(50)56-44(24-12-26-51(56)60)40-16-11-20-43(35-40)59(52-27-13-28-53-57(52)48-32-30-37-14-4-5-21-45(37)58(48)61-53)42-19-10-15-38(34-42)39-31-33-55-49(36-39)46-22-7-9-29-54(46)62-55/h1-36H. The zero-order chi connectivity index (χ0) is 40.7. The molecule has 0 atom stereocenters. The lowest BCUT2D eigenvalue weighted by atomic mass is 9.98. The summed E-state index contributed by atoms with van der Waals surface area (Å²) in [5, 5.41) is 9.53. The van der Waals surface area contributed by atoms with Crippen LogP contribution in [0, 0.1) is 0 Å². The van der Waals surface area contributed by atoms with Crippen LogP contribution in [-0.4, -0.2) is 4.57 Å². The number of rotatable bonds is 6.